The minimum absolute atomic E-state index is 0.0420. The summed E-state index contributed by atoms with van der Waals surface area (Å²) in [7, 11) is 0. The molecule has 5 rings (SSSR count). The highest BCUT2D eigenvalue weighted by atomic mass is 35.5. The Morgan fingerprint density at radius 1 is 0.909 bits per heavy atom. The summed E-state index contributed by atoms with van der Waals surface area (Å²) in [6.45, 7) is 2.64. The fourth-order valence-corrected chi connectivity index (χ4v) is 5.03. The van der Waals surface area contributed by atoms with Crippen LogP contribution in [0.15, 0.2) is 72.8 Å². The molecule has 33 heavy (non-hydrogen) atoms. The number of nitrogens with zero attached hydrogens (tertiary/aromatic N) is 2. The molecule has 0 aromatic heterocycles. The van der Waals surface area contributed by atoms with E-state index in [1.54, 1.807) is 12.1 Å². The van der Waals surface area contributed by atoms with Gasteiger partial charge in [0.25, 0.3) is 0 Å². The summed E-state index contributed by atoms with van der Waals surface area (Å²) in [4.78, 5) is 17.3. The molecule has 2 aliphatic rings. The average molecular weight is 482 g/mol. The third-order valence-electron chi connectivity index (χ3n) is 6.40. The maximum Gasteiger partial charge on any atom is 0.322 e. The van der Waals surface area contributed by atoms with Crippen LogP contribution >= 0.6 is 23.2 Å². The Balaban J connectivity index is 1.12. The molecule has 3 aromatic carbocycles. The zero-order valence-corrected chi connectivity index (χ0v) is 19.6. The second kappa shape index (κ2) is 9.64. The van der Waals surface area contributed by atoms with E-state index in [2.05, 4.69) is 16.3 Å². The second-order valence-corrected chi connectivity index (χ2v) is 9.39. The lowest BCUT2D eigenvalue weighted by Crippen LogP contribution is -2.50. The lowest BCUT2D eigenvalue weighted by Gasteiger charge is -2.34. The van der Waals surface area contributed by atoms with Crippen molar-refractivity contribution in [2.24, 2.45) is 0 Å². The summed E-state index contributed by atoms with van der Waals surface area (Å²) in [5.74, 6) is 1.41. The number of likely N-dealkylation sites (tertiary alicyclic amines) is 2. The van der Waals surface area contributed by atoms with Gasteiger partial charge < -0.3 is 15.0 Å². The van der Waals surface area contributed by atoms with Crippen molar-refractivity contribution in [3.05, 3.63) is 88.4 Å². The number of carbonyl (C=O) groups excluding carboxylic acids is 1. The molecule has 5 nitrogen and oxygen atoms in total. The topological polar surface area (TPSA) is 44.8 Å². The van der Waals surface area contributed by atoms with Crippen molar-refractivity contribution in [3.8, 4) is 11.5 Å². The van der Waals surface area contributed by atoms with Crippen LogP contribution in [0.5, 0.6) is 11.5 Å². The molecular weight excluding hydrogens is 457 g/mol. The van der Waals surface area contributed by atoms with Crippen molar-refractivity contribution >= 4 is 34.9 Å². The molecule has 2 unspecified atom stereocenters. The number of ether oxygens (including phenoxy) is 1. The number of amides is 2. The van der Waals surface area contributed by atoms with E-state index < -0.39 is 0 Å². The van der Waals surface area contributed by atoms with Gasteiger partial charge in [0.05, 0.1) is 0 Å². The molecule has 0 spiro atoms. The Hall–Kier alpha value is -2.73. The minimum atomic E-state index is -0.0420. The zero-order valence-electron chi connectivity index (χ0n) is 18.1. The van der Waals surface area contributed by atoms with Gasteiger partial charge in [0, 0.05) is 47.5 Å². The van der Waals surface area contributed by atoms with E-state index in [1.165, 1.54) is 5.56 Å². The van der Waals surface area contributed by atoms with Gasteiger partial charge in [-0.2, -0.15) is 0 Å². The lowest BCUT2D eigenvalue weighted by atomic mass is 10.1. The smallest absolute Gasteiger partial charge is 0.322 e. The van der Waals surface area contributed by atoms with Gasteiger partial charge in [0.1, 0.15) is 11.5 Å². The van der Waals surface area contributed by atoms with Crippen molar-refractivity contribution in [2.45, 2.75) is 24.9 Å². The Morgan fingerprint density at radius 3 is 2.27 bits per heavy atom. The first-order chi connectivity index (χ1) is 16.0. The van der Waals surface area contributed by atoms with Crippen molar-refractivity contribution in [2.75, 3.05) is 25.0 Å². The van der Waals surface area contributed by atoms with Crippen LogP contribution in [-0.4, -0.2) is 47.5 Å². The number of halogens is 2. The highest BCUT2D eigenvalue weighted by Gasteiger charge is 2.44. The maximum atomic E-state index is 12.9. The highest BCUT2D eigenvalue weighted by Crippen LogP contribution is 2.32. The van der Waals surface area contributed by atoms with Crippen LogP contribution in [0.1, 0.15) is 12.0 Å². The van der Waals surface area contributed by atoms with Gasteiger partial charge in [-0.3, -0.25) is 4.90 Å². The maximum absolute atomic E-state index is 12.9. The van der Waals surface area contributed by atoms with Crippen LogP contribution in [0, 0.1) is 0 Å². The van der Waals surface area contributed by atoms with Crippen LogP contribution in [0.3, 0.4) is 0 Å². The van der Waals surface area contributed by atoms with Crippen LogP contribution in [0.4, 0.5) is 10.5 Å². The molecule has 0 radical (unpaired) electrons. The van der Waals surface area contributed by atoms with Crippen molar-refractivity contribution in [3.63, 3.8) is 0 Å². The molecule has 0 aliphatic carbocycles. The van der Waals surface area contributed by atoms with E-state index in [-0.39, 0.29) is 12.1 Å². The quantitative estimate of drug-likeness (QED) is 0.447. The SMILES string of the molecule is O=C(Nc1ccc(Oc2ccc(Cl)cc2)cc1)N1CC2CC1CN2CCc1ccccc1Cl. The van der Waals surface area contributed by atoms with Crippen molar-refractivity contribution in [1.29, 1.82) is 0 Å². The van der Waals surface area contributed by atoms with E-state index in [0.717, 1.165) is 43.2 Å². The Labute approximate surface area is 203 Å². The van der Waals surface area contributed by atoms with Gasteiger partial charge in [0.2, 0.25) is 0 Å². The average Bonchev–Trinajstić information content (AvgIpc) is 3.42. The molecule has 3 aromatic rings. The number of benzene rings is 3. The lowest BCUT2D eigenvalue weighted by molar-refractivity contribution is 0.145. The standard InChI is InChI=1S/C26H25Cl2N3O2/c27-19-5-9-23(10-6-19)33-24-11-7-20(8-12-24)29-26(32)31-17-21-15-22(31)16-30(21)14-13-18-3-1-2-4-25(18)28/h1-12,21-22H,13-17H2,(H,29,32). The summed E-state index contributed by atoms with van der Waals surface area (Å²) in [5.41, 5.74) is 1.93. The third-order valence-corrected chi connectivity index (χ3v) is 7.02. The third kappa shape index (κ3) is 5.11. The Kier molecular flexibility index (Phi) is 6.45. The molecule has 2 fully saturated rings. The number of anilines is 1. The van der Waals surface area contributed by atoms with Gasteiger partial charge in [-0.05, 0) is 73.0 Å². The minimum Gasteiger partial charge on any atom is -0.457 e. The number of fused-ring (bicyclic) bond motifs is 2. The summed E-state index contributed by atoms with van der Waals surface area (Å²) >= 11 is 12.2. The first-order valence-electron chi connectivity index (χ1n) is 11.1. The summed E-state index contributed by atoms with van der Waals surface area (Å²) < 4.78 is 5.81. The summed E-state index contributed by atoms with van der Waals surface area (Å²) in [6.07, 6.45) is 1.96. The number of nitrogens with one attached hydrogen (secondary N) is 1. The fraction of sp³-hybridized carbons (Fsp3) is 0.269. The number of piperazine rings is 1. The van der Waals surface area contributed by atoms with Gasteiger partial charge in [-0.25, -0.2) is 4.79 Å². The summed E-state index contributed by atoms with van der Waals surface area (Å²) in [5, 5.41) is 4.52. The Bertz CT molecular complexity index is 1120. The van der Waals surface area contributed by atoms with Crippen LogP contribution in [0.2, 0.25) is 10.0 Å². The molecule has 2 atom stereocenters. The second-order valence-electron chi connectivity index (χ2n) is 8.54. The van der Waals surface area contributed by atoms with E-state index >= 15 is 0 Å². The van der Waals surface area contributed by atoms with Gasteiger partial charge in [-0.15, -0.1) is 0 Å². The number of urea groups is 1. The molecule has 1 N–H and O–H groups in total. The largest absolute Gasteiger partial charge is 0.457 e. The zero-order chi connectivity index (χ0) is 22.8. The van der Waals surface area contributed by atoms with E-state index in [9.17, 15) is 4.79 Å². The molecule has 2 amide bonds. The van der Waals surface area contributed by atoms with Crippen molar-refractivity contribution < 1.29 is 9.53 Å². The number of hydrogen-bond donors (Lipinski definition) is 1. The molecule has 7 heteroatoms. The molecule has 0 saturated carbocycles. The van der Waals surface area contributed by atoms with E-state index in [0.29, 0.717) is 22.6 Å². The molecule has 170 valence electrons. The number of carbonyl (C=O) groups is 1. The monoisotopic (exact) mass is 481 g/mol. The number of rotatable bonds is 6. The summed E-state index contributed by atoms with van der Waals surface area (Å²) in [6, 6.07) is 23.2. The van der Waals surface area contributed by atoms with Gasteiger partial charge in [0.15, 0.2) is 0 Å². The number of hydrogen-bond acceptors (Lipinski definition) is 3. The molecule has 2 bridgehead atoms. The van der Waals surface area contributed by atoms with E-state index in [4.69, 9.17) is 27.9 Å². The van der Waals surface area contributed by atoms with Gasteiger partial charge >= 0.3 is 6.03 Å². The highest BCUT2D eigenvalue weighted by molar-refractivity contribution is 6.31. The Morgan fingerprint density at radius 2 is 1.61 bits per heavy atom. The normalized spacial score (nSPS) is 19.6. The first-order valence-corrected chi connectivity index (χ1v) is 11.9. The van der Waals surface area contributed by atoms with Crippen LogP contribution < -0.4 is 10.1 Å². The van der Waals surface area contributed by atoms with Crippen LogP contribution in [-0.2, 0) is 6.42 Å². The molecule has 2 aliphatic heterocycles. The molecular formula is C26H25Cl2N3O2. The van der Waals surface area contributed by atoms with Crippen molar-refractivity contribution in [1.82, 2.24) is 9.80 Å². The fourth-order valence-electron chi connectivity index (χ4n) is 4.68. The first kappa shape index (κ1) is 22.1. The van der Waals surface area contributed by atoms with Crippen LogP contribution in [0.25, 0.3) is 0 Å². The van der Waals surface area contributed by atoms with E-state index in [1.807, 2.05) is 59.5 Å². The van der Waals surface area contributed by atoms with Gasteiger partial charge in [-0.1, -0.05) is 41.4 Å². The predicted molar refractivity (Wildman–Crippen MR) is 133 cm³/mol. The molecule has 2 heterocycles. The molecule has 2 saturated heterocycles. The predicted octanol–water partition coefficient (Wildman–Crippen LogP) is 6.32.